The Balaban J connectivity index is 2.95. The summed E-state index contributed by atoms with van der Waals surface area (Å²) in [5.41, 5.74) is 8.56. The second-order valence-corrected chi connectivity index (χ2v) is 6.10. The monoisotopic (exact) mass is 312 g/mol. The Morgan fingerprint density at radius 3 is 2.44 bits per heavy atom. The molecule has 18 heavy (non-hydrogen) atoms. The van der Waals surface area contributed by atoms with Crippen molar-refractivity contribution in [2.24, 2.45) is 11.7 Å². The maximum absolute atomic E-state index is 5.99. The number of nitrogens with zero attached hydrogens (tertiary/aromatic N) is 1. The fourth-order valence-electron chi connectivity index (χ4n) is 2.26. The van der Waals surface area contributed by atoms with Gasteiger partial charge in [-0.1, -0.05) is 48.8 Å². The Hall–Kier alpha value is -0.380. The third-order valence-electron chi connectivity index (χ3n) is 3.25. The third kappa shape index (κ3) is 4.08. The molecule has 0 bridgehead atoms. The molecule has 1 rings (SSSR count). The van der Waals surface area contributed by atoms with Gasteiger partial charge in [-0.05, 0) is 36.6 Å². The minimum absolute atomic E-state index is 0.314. The summed E-state index contributed by atoms with van der Waals surface area (Å²) in [6.07, 6.45) is 0. The van der Waals surface area contributed by atoms with E-state index in [1.54, 1.807) is 0 Å². The van der Waals surface area contributed by atoms with E-state index in [9.17, 15) is 0 Å². The van der Waals surface area contributed by atoms with Gasteiger partial charge in [-0.15, -0.1) is 0 Å². The lowest BCUT2D eigenvalue weighted by atomic mass is 10.0. The fourth-order valence-corrected chi connectivity index (χ4v) is 2.65. The Labute approximate surface area is 120 Å². The van der Waals surface area contributed by atoms with Crippen LogP contribution < -0.4 is 5.73 Å². The van der Waals surface area contributed by atoms with Crippen molar-refractivity contribution in [2.45, 2.75) is 33.7 Å². The van der Waals surface area contributed by atoms with Crippen LogP contribution in [0.15, 0.2) is 22.7 Å². The van der Waals surface area contributed by atoms with E-state index in [4.69, 9.17) is 5.73 Å². The van der Waals surface area contributed by atoms with Gasteiger partial charge in [0.25, 0.3) is 0 Å². The quantitative estimate of drug-likeness (QED) is 0.867. The van der Waals surface area contributed by atoms with E-state index in [1.165, 1.54) is 15.6 Å². The molecule has 0 amide bonds. The van der Waals surface area contributed by atoms with Gasteiger partial charge in [0.2, 0.25) is 0 Å². The highest BCUT2D eigenvalue weighted by atomic mass is 79.9. The molecule has 0 aliphatic carbocycles. The van der Waals surface area contributed by atoms with Gasteiger partial charge in [0.15, 0.2) is 0 Å². The molecule has 1 unspecified atom stereocenters. The molecule has 1 atom stereocenters. The van der Waals surface area contributed by atoms with Gasteiger partial charge in [0.1, 0.15) is 0 Å². The SMILES string of the molecule is CCN(CC(C)C)C(CN)c1ccc(C)c(Br)c1. The van der Waals surface area contributed by atoms with Crippen molar-refractivity contribution < 1.29 is 0 Å². The molecule has 0 aliphatic rings. The predicted molar refractivity (Wildman–Crippen MR) is 82.8 cm³/mol. The van der Waals surface area contributed by atoms with Gasteiger partial charge in [-0.25, -0.2) is 0 Å². The molecule has 2 nitrogen and oxygen atoms in total. The summed E-state index contributed by atoms with van der Waals surface area (Å²) < 4.78 is 1.17. The molecular weight excluding hydrogens is 288 g/mol. The lowest BCUT2D eigenvalue weighted by Crippen LogP contribution is -2.36. The molecule has 0 aliphatic heterocycles. The van der Waals surface area contributed by atoms with Crippen LogP contribution in [0.1, 0.15) is 37.9 Å². The van der Waals surface area contributed by atoms with Gasteiger partial charge >= 0.3 is 0 Å². The number of aryl methyl sites for hydroxylation is 1. The van der Waals surface area contributed by atoms with Crippen LogP contribution in [0.4, 0.5) is 0 Å². The van der Waals surface area contributed by atoms with Crippen molar-refractivity contribution in [2.75, 3.05) is 19.6 Å². The van der Waals surface area contributed by atoms with Crippen LogP contribution in [-0.4, -0.2) is 24.5 Å². The summed E-state index contributed by atoms with van der Waals surface area (Å²) >= 11 is 3.61. The first-order valence-corrected chi connectivity index (χ1v) is 7.49. The Bertz CT molecular complexity index is 377. The zero-order valence-electron chi connectivity index (χ0n) is 11.9. The highest BCUT2D eigenvalue weighted by Crippen LogP contribution is 2.25. The molecule has 3 heteroatoms. The Morgan fingerprint density at radius 1 is 1.33 bits per heavy atom. The molecule has 0 radical (unpaired) electrons. The van der Waals surface area contributed by atoms with E-state index in [0.29, 0.717) is 18.5 Å². The second kappa shape index (κ2) is 7.27. The van der Waals surface area contributed by atoms with Gasteiger partial charge in [0, 0.05) is 23.6 Å². The topological polar surface area (TPSA) is 29.3 Å². The molecule has 0 saturated heterocycles. The minimum atomic E-state index is 0.314. The van der Waals surface area contributed by atoms with Crippen LogP contribution >= 0.6 is 15.9 Å². The summed E-state index contributed by atoms with van der Waals surface area (Å²) in [6.45, 7) is 11.6. The number of benzene rings is 1. The molecule has 0 fully saturated rings. The molecule has 1 aromatic rings. The van der Waals surface area contributed by atoms with Crippen molar-refractivity contribution in [3.8, 4) is 0 Å². The van der Waals surface area contributed by atoms with Crippen molar-refractivity contribution in [3.05, 3.63) is 33.8 Å². The van der Waals surface area contributed by atoms with Crippen LogP contribution in [0, 0.1) is 12.8 Å². The Morgan fingerprint density at radius 2 is 2.00 bits per heavy atom. The third-order valence-corrected chi connectivity index (χ3v) is 4.10. The summed E-state index contributed by atoms with van der Waals surface area (Å²) in [6, 6.07) is 6.87. The number of halogens is 1. The van der Waals surface area contributed by atoms with E-state index in [0.717, 1.165) is 13.1 Å². The van der Waals surface area contributed by atoms with Crippen LogP contribution in [0.3, 0.4) is 0 Å². The highest BCUT2D eigenvalue weighted by Gasteiger charge is 2.18. The van der Waals surface area contributed by atoms with Gasteiger partial charge in [-0.3, -0.25) is 4.90 Å². The molecule has 0 spiro atoms. The first kappa shape index (κ1) is 15.7. The zero-order valence-corrected chi connectivity index (χ0v) is 13.5. The molecule has 2 N–H and O–H groups in total. The number of rotatable bonds is 6. The van der Waals surface area contributed by atoms with Crippen LogP contribution in [0.2, 0.25) is 0 Å². The average molecular weight is 313 g/mol. The van der Waals surface area contributed by atoms with Gasteiger partial charge < -0.3 is 5.73 Å². The van der Waals surface area contributed by atoms with Crippen LogP contribution in [0.25, 0.3) is 0 Å². The van der Waals surface area contributed by atoms with E-state index in [-0.39, 0.29) is 0 Å². The Kier molecular flexibility index (Phi) is 6.33. The first-order chi connectivity index (χ1) is 8.49. The first-order valence-electron chi connectivity index (χ1n) is 6.69. The normalized spacial score (nSPS) is 13.3. The maximum atomic E-state index is 5.99. The molecule has 1 aromatic carbocycles. The zero-order chi connectivity index (χ0) is 13.7. The van der Waals surface area contributed by atoms with E-state index in [1.807, 2.05) is 0 Å². The van der Waals surface area contributed by atoms with Crippen molar-refractivity contribution in [1.82, 2.24) is 4.90 Å². The number of likely N-dealkylation sites (N-methyl/N-ethyl adjacent to an activating group) is 1. The fraction of sp³-hybridized carbons (Fsp3) is 0.600. The average Bonchev–Trinajstić information content (AvgIpc) is 2.32. The highest BCUT2D eigenvalue weighted by molar-refractivity contribution is 9.10. The van der Waals surface area contributed by atoms with Crippen molar-refractivity contribution in [1.29, 1.82) is 0 Å². The van der Waals surface area contributed by atoms with Crippen LogP contribution in [-0.2, 0) is 0 Å². The van der Waals surface area contributed by atoms with E-state index >= 15 is 0 Å². The minimum Gasteiger partial charge on any atom is -0.329 e. The number of hydrogen-bond donors (Lipinski definition) is 1. The number of nitrogens with two attached hydrogens (primary N) is 1. The van der Waals surface area contributed by atoms with Crippen LogP contribution in [0.5, 0.6) is 0 Å². The summed E-state index contributed by atoms with van der Waals surface area (Å²) in [5.74, 6) is 0.660. The van der Waals surface area contributed by atoms with Crippen molar-refractivity contribution >= 4 is 15.9 Å². The molecule has 0 saturated carbocycles. The largest absolute Gasteiger partial charge is 0.329 e. The van der Waals surface area contributed by atoms with E-state index < -0.39 is 0 Å². The molecular formula is C15H25BrN2. The maximum Gasteiger partial charge on any atom is 0.0470 e. The summed E-state index contributed by atoms with van der Waals surface area (Å²) in [4.78, 5) is 2.46. The smallest absolute Gasteiger partial charge is 0.0470 e. The predicted octanol–water partition coefficient (Wildman–Crippen LogP) is 3.74. The standard InChI is InChI=1S/C15H25BrN2/c1-5-18(10-11(2)3)15(9-17)13-7-6-12(4)14(16)8-13/h6-8,11,15H,5,9-10,17H2,1-4H3. The summed E-state index contributed by atoms with van der Waals surface area (Å²) in [7, 11) is 0. The van der Waals surface area contributed by atoms with Gasteiger partial charge in [0.05, 0.1) is 0 Å². The number of hydrogen-bond acceptors (Lipinski definition) is 2. The van der Waals surface area contributed by atoms with E-state index in [2.05, 4.69) is 66.7 Å². The van der Waals surface area contributed by atoms with Crippen molar-refractivity contribution in [3.63, 3.8) is 0 Å². The lowest BCUT2D eigenvalue weighted by Gasteiger charge is -2.31. The lowest BCUT2D eigenvalue weighted by molar-refractivity contribution is 0.189. The second-order valence-electron chi connectivity index (χ2n) is 5.24. The summed E-state index contributed by atoms with van der Waals surface area (Å²) in [5, 5.41) is 0. The molecule has 0 heterocycles. The van der Waals surface area contributed by atoms with Gasteiger partial charge in [-0.2, -0.15) is 0 Å². The molecule has 0 aromatic heterocycles. The molecule has 102 valence electrons.